The number of ether oxygens (including phenoxy) is 1. The van der Waals surface area contributed by atoms with Crippen LogP contribution in [-0.4, -0.2) is 36.3 Å². The molecular formula is C16H24ClF3N2O3. The molecule has 1 aromatic carbocycles. The molecular weight excluding hydrogens is 361 g/mol. The summed E-state index contributed by atoms with van der Waals surface area (Å²) < 4.78 is 42.5. The van der Waals surface area contributed by atoms with Crippen LogP contribution in [0.4, 0.5) is 13.2 Å². The molecule has 0 aliphatic heterocycles. The maximum absolute atomic E-state index is 12.4. The van der Waals surface area contributed by atoms with Crippen molar-refractivity contribution in [3.8, 4) is 5.75 Å². The zero-order valence-corrected chi connectivity index (χ0v) is 14.9. The number of rotatable bonds is 8. The fourth-order valence-corrected chi connectivity index (χ4v) is 1.84. The summed E-state index contributed by atoms with van der Waals surface area (Å²) in [5.74, 6) is -0.145. The minimum Gasteiger partial charge on any atom is -0.491 e. The molecule has 4 N–H and O–H groups in total. The van der Waals surface area contributed by atoms with Crippen molar-refractivity contribution in [1.29, 1.82) is 0 Å². The Morgan fingerprint density at radius 1 is 1.32 bits per heavy atom. The van der Waals surface area contributed by atoms with Crippen LogP contribution in [0.15, 0.2) is 24.3 Å². The lowest BCUT2D eigenvalue weighted by Crippen LogP contribution is -2.47. The van der Waals surface area contributed by atoms with E-state index in [1.165, 1.54) is 12.1 Å². The van der Waals surface area contributed by atoms with Crippen LogP contribution in [0.2, 0.25) is 0 Å². The maximum Gasteiger partial charge on any atom is 0.416 e. The number of benzene rings is 1. The van der Waals surface area contributed by atoms with E-state index in [0.29, 0.717) is 0 Å². The highest BCUT2D eigenvalue weighted by molar-refractivity contribution is 5.85. The molecule has 25 heavy (non-hydrogen) atoms. The summed E-state index contributed by atoms with van der Waals surface area (Å²) in [6.07, 6.45) is -4.65. The predicted octanol–water partition coefficient (Wildman–Crippen LogP) is 2.36. The number of alkyl halides is 3. The highest BCUT2D eigenvalue weighted by atomic mass is 35.5. The number of aliphatic hydroxyl groups excluding tert-OH is 1. The molecule has 0 aromatic heterocycles. The average Bonchev–Trinajstić information content (AvgIpc) is 2.55. The van der Waals surface area contributed by atoms with Crippen molar-refractivity contribution in [2.75, 3.05) is 13.2 Å². The molecule has 0 saturated carbocycles. The van der Waals surface area contributed by atoms with E-state index in [-0.39, 0.29) is 43.1 Å². The van der Waals surface area contributed by atoms with Gasteiger partial charge in [-0.25, -0.2) is 0 Å². The van der Waals surface area contributed by atoms with Gasteiger partial charge in [0.25, 0.3) is 0 Å². The smallest absolute Gasteiger partial charge is 0.416 e. The normalized spacial score (nSPS) is 14.8. The van der Waals surface area contributed by atoms with Gasteiger partial charge in [0.2, 0.25) is 5.91 Å². The fourth-order valence-electron chi connectivity index (χ4n) is 1.84. The van der Waals surface area contributed by atoms with Gasteiger partial charge in [0.1, 0.15) is 18.5 Å². The van der Waals surface area contributed by atoms with Gasteiger partial charge in [0.05, 0.1) is 11.6 Å². The van der Waals surface area contributed by atoms with Crippen LogP contribution in [0.25, 0.3) is 0 Å². The molecule has 1 amide bonds. The molecule has 0 spiro atoms. The first kappa shape index (κ1) is 23.5. The number of amides is 1. The summed E-state index contributed by atoms with van der Waals surface area (Å²) in [6.45, 7) is 3.56. The Labute approximate surface area is 151 Å². The SMILES string of the molecule is CCC(C)C(N)C(=O)NCC(O)COc1ccc(C(F)(F)F)cc1.Cl. The molecule has 9 heteroatoms. The lowest BCUT2D eigenvalue weighted by Gasteiger charge is -2.19. The van der Waals surface area contributed by atoms with Crippen LogP contribution in [0.1, 0.15) is 25.8 Å². The maximum atomic E-state index is 12.4. The first-order valence-electron chi connectivity index (χ1n) is 7.66. The zero-order valence-electron chi connectivity index (χ0n) is 14.0. The van der Waals surface area contributed by atoms with Gasteiger partial charge in [-0.1, -0.05) is 20.3 Å². The Hall–Kier alpha value is -1.51. The first-order chi connectivity index (χ1) is 11.1. The number of nitrogens with two attached hydrogens (primary N) is 1. The van der Waals surface area contributed by atoms with Gasteiger partial charge in [-0.05, 0) is 30.2 Å². The minimum atomic E-state index is -4.41. The second-order valence-corrected chi connectivity index (χ2v) is 5.64. The first-order valence-corrected chi connectivity index (χ1v) is 7.66. The summed E-state index contributed by atoms with van der Waals surface area (Å²) in [7, 11) is 0. The van der Waals surface area contributed by atoms with E-state index in [9.17, 15) is 23.1 Å². The van der Waals surface area contributed by atoms with Gasteiger partial charge in [-0.15, -0.1) is 12.4 Å². The van der Waals surface area contributed by atoms with E-state index in [1.807, 2.05) is 13.8 Å². The molecule has 144 valence electrons. The molecule has 3 unspecified atom stereocenters. The zero-order chi connectivity index (χ0) is 18.3. The van der Waals surface area contributed by atoms with Crippen LogP contribution in [0.5, 0.6) is 5.75 Å². The van der Waals surface area contributed by atoms with Gasteiger partial charge >= 0.3 is 6.18 Å². The lowest BCUT2D eigenvalue weighted by molar-refractivity contribution is -0.137. The molecule has 0 aliphatic rings. The summed E-state index contributed by atoms with van der Waals surface area (Å²) in [4.78, 5) is 11.8. The van der Waals surface area contributed by atoms with Gasteiger partial charge in [0, 0.05) is 6.54 Å². The molecule has 1 aromatic rings. The van der Waals surface area contributed by atoms with Crippen LogP contribution in [0, 0.1) is 5.92 Å². The molecule has 0 heterocycles. The molecule has 1 rings (SSSR count). The number of nitrogens with one attached hydrogen (secondary N) is 1. The number of carbonyl (C=O) groups is 1. The highest BCUT2D eigenvalue weighted by Gasteiger charge is 2.30. The number of hydrogen-bond acceptors (Lipinski definition) is 4. The van der Waals surface area contributed by atoms with Crippen molar-refractivity contribution in [3.05, 3.63) is 29.8 Å². The molecule has 0 radical (unpaired) electrons. The Bertz CT molecular complexity index is 526. The summed E-state index contributed by atoms with van der Waals surface area (Å²) in [5.41, 5.74) is 4.98. The number of carbonyl (C=O) groups excluding carboxylic acids is 1. The van der Waals surface area contributed by atoms with Gasteiger partial charge in [-0.3, -0.25) is 4.79 Å². The molecule has 3 atom stereocenters. The van der Waals surface area contributed by atoms with Gasteiger partial charge in [-0.2, -0.15) is 13.2 Å². The van der Waals surface area contributed by atoms with Crippen molar-refractivity contribution in [2.45, 2.75) is 38.6 Å². The Morgan fingerprint density at radius 3 is 2.36 bits per heavy atom. The van der Waals surface area contributed by atoms with Crippen molar-refractivity contribution in [1.82, 2.24) is 5.32 Å². The Balaban J connectivity index is 0.00000576. The van der Waals surface area contributed by atoms with E-state index in [1.54, 1.807) is 0 Å². The average molecular weight is 385 g/mol. The van der Waals surface area contributed by atoms with Crippen LogP contribution in [0.3, 0.4) is 0 Å². The van der Waals surface area contributed by atoms with Gasteiger partial charge < -0.3 is 20.9 Å². The largest absolute Gasteiger partial charge is 0.491 e. The Kier molecular flexibility index (Phi) is 9.84. The number of hydrogen-bond donors (Lipinski definition) is 3. The summed E-state index contributed by atoms with van der Waals surface area (Å²) in [6, 6.07) is 3.49. The second kappa shape index (κ2) is 10.5. The quantitative estimate of drug-likeness (QED) is 0.642. The van der Waals surface area contributed by atoms with Gasteiger partial charge in [0.15, 0.2) is 0 Å². The van der Waals surface area contributed by atoms with E-state index in [0.717, 1.165) is 18.6 Å². The van der Waals surface area contributed by atoms with Crippen molar-refractivity contribution in [3.63, 3.8) is 0 Å². The number of halogens is 4. The van der Waals surface area contributed by atoms with Crippen LogP contribution >= 0.6 is 12.4 Å². The van der Waals surface area contributed by atoms with E-state index in [2.05, 4.69) is 5.32 Å². The lowest BCUT2D eigenvalue weighted by atomic mass is 9.99. The van der Waals surface area contributed by atoms with E-state index >= 15 is 0 Å². The third-order valence-electron chi connectivity index (χ3n) is 3.70. The minimum absolute atomic E-state index is 0. The van der Waals surface area contributed by atoms with E-state index < -0.39 is 23.9 Å². The summed E-state index contributed by atoms with van der Waals surface area (Å²) >= 11 is 0. The van der Waals surface area contributed by atoms with Crippen LogP contribution < -0.4 is 15.8 Å². The standard InChI is InChI=1S/C16H23F3N2O3.ClH/c1-3-10(2)14(20)15(23)21-8-12(22)9-24-13-6-4-11(5-7-13)16(17,18)19;/h4-7,10,12,14,22H,3,8-9,20H2,1-2H3,(H,21,23);1H. The van der Waals surface area contributed by atoms with Crippen LogP contribution in [-0.2, 0) is 11.0 Å². The third-order valence-corrected chi connectivity index (χ3v) is 3.70. The topological polar surface area (TPSA) is 84.6 Å². The Morgan fingerprint density at radius 2 is 1.88 bits per heavy atom. The number of aliphatic hydroxyl groups is 1. The highest BCUT2D eigenvalue weighted by Crippen LogP contribution is 2.30. The fraction of sp³-hybridized carbons (Fsp3) is 0.562. The predicted molar refractivity (Wildman–Crippen MR) is 90.6 cm³/mol. The summed E-state index contributed by atoms with van der Waals surface area (Å²) in [5, 5.41) is 12.3. The molecule has 5 nitrogen and oxygen atoms in total. The molecule has 0 bridgehead atoms. The monoisotopic (exact) mass is 384 g/mol. The van der Waals surface area contributed by atoms with Crippen molar-refractivity contribution >= 4 is 18.3 Å². The second-order valence-electron chi connectivity index (χ2n) is 5.64. The van der Waals surface area contributed by atoms with Crippen molar-refractivity contribution < 1.29 is 27.8 Å². The molecule has 0 saturated heterocycles. The third kappa shape index (κ3) is 7.94. The molecule has 0 fully saturated rings. The van der Waals surface area contributed by atoms with Crippen molar-refractivity contribution in [2.24, 2.45) is 11.7 Å². The van der Waals surface area contributed by atoms with E-state index in [4.69, 9.17) is 10.5 Å². The molecule has 0 aliphatic carbocycles.